The predicted molar refractivity (Wildman–Crippen MR) is 115 cm³/mol. The maximum Gasteiger partial charge on any atom is 0.221 e. The molecule has 0 saturated heterocycles. The van der Waals surface area contributed by atoms with E-state index in [4.69, 9.17) is 23.2 Å². The van der Waals surface area contributed by atoms with E-state index in [0.29, 0.717) is 41.6 Å². The van der Waals surface area contributed by atoms with Crippen molar-refractivity contribution in [1.82, 2.24) is 16.0 Å². The molecule has 1 amide bonds. The van der Waals surface area contributed by atoms with E-state index in [-0.39, 0.29) is 29.9 Å². The standard InChI is InChI=1S/C17H24Cl2N4O.HI/c1-20-17(22-11-12-6-7-13(18)10-15(12)19)21-9-8-16(24)23-14-4-2-3-5-14;/h6-7,10,14H,2-5,8-9,11H2,1H3,(H,23,24)(H2,20,21,22);1H. The topological polar surface area (TPSA) is 65.5 Å². The maximum atomic E-state index is 11.9. The van der Waals surface area contributed by atoms with Crippen LogP contribution >= 0.6 is 47.2 Å². The number of halogens is 3. The average Bonchev–Trinajstić information content (AvgIpc) is 3.05. The first kappa shape index (κ1) is 22.3. The Bertz CT molecular complexity index is 592. The van der Waals surface area contributed by atoms with E-state index in [9.17, 15) is 4.79 Å². The maximum absolute atomic E-state index is 11.9. The summed E-state index contributed by atoms with van der Waals surface area (Å²) in [6.07, 6.45) is 5.06. The number of nitrogens with zero attached hydrogens (tertiary/aromatic N) is 1. The van der Waals surface area contributed by atoms with Gasteiger partial charge < -0.3 is 16.0 Å². The van der Waals surface area contributed by atoms with Crippen molar-refractivity contribution in [1.29, 1.82) is 0 Å². The Morgan fingerprint density at radius 1 is 1.24 bits per heavy atom. The van der Waals surface area contributed by atoms with Crippen LogP contribution < -0.4 is 16.0 Å². The highest BCUT2D eigenvalue weighted by molar-refractivity contribution is 14.0. The van der Waals surface area contributed by atoms with Crippen LogP contribution in [0.1, 0.15) is 37.7 Å². The molecule has 1 aromatic rings. The van der Waals surface area contributed by atoms with Gasteiger partial charge in [-0.25, -0.2) is 0 Å². The number of guanidine groups is 1. The zero-order chi connectivity index (χ0) is 17.4. The number of hydrogen-bond donors (Lipinski definition) is 3. The van der Waals surface area contributed by atoms with Crippen LogP contribution in [-0.4, -0.2) is 31.5 Å². The van der Waals surface area contributed by atoms with Crippen LogP contribution in [0.2, 0.25) is 10.0 Å². The molecule has 25 heavy (non-hydrogen) atoms. The van der Waals surface area contributed by atoms with Crippen LogP contribution in [0.5, 0.6) is 0 Å². The fourth-order valence-corrected chi connectivity index (χ4v) is 3.20. The summed E-state index contributed by atoms with van der Waals surface area (Å²) < 4.78 is 0. The van der Waals surface area contributed by atoms with Gasteiger partial charge in [0.1, 0.15) is 0 Å². The average molecular weight is 499 g/mol. The number of amides is 1. The Labute approximate surface area is 176 Å². The van der Waals surface area contributed by atoms with Crippen molar-refractivity contribution in [3.8, 4) is 0 Å². The highest BCUT2D eigenvalue weighted by Gasteiger charge is 2.16. The zero-order valence-electron chi connectivity index (χ0n) is 14.3. The molecule has 1 saturated carbocycles. The molecule has 1 aliphatic rings. The van der Waals surface area contributed by atoms with Crippen LogP contribution in [0.4, 0.5) is 0 Å². The molecule has 8 heteroatoms. The lowest BCUT2D eigenvalue weighted by atomic mass is 10.2. The van der Waals surface area contributed by atoms with Gasteiger partial charge in [-0.2, -0.15) is 0 Å². The lowest BCUT2D eigenvalue weighted by Gasteiger charge is -2.14. The van der Waals surface area contributed by atoms with E-state index in [2.05, 4.69) is 20.9 Å². The Morgan fingerprint density at radius 3 is 2.60 bits per heavy atom. The first-order chi connectivity index (χ1) is 11.6. The summed E-state index contributed by atoms with van der Waals surface area (Å²) in [5.41, 5.74) is 0.933. The third-order valence-corrected chi connectivity index (χ3v) is 4.64. The molecule has 1 aromatic carbocycles. The zero-order valence-corrected chi connectivity index (χ0v) is 18.1. The van der Waals surface area contributed by atoms with Crippen molar-refractivity contribution >= 4 is 59.0 Å². The SMILES string of the molecule is CN=C(NCCC(=O)NC1CCCC1)NCc1ccc(Cl)cc1Cl.I. The molecule has 0 heterocycles. The van der Waals surface area contributed by atoms with E-state index in [1.807, 2.05) is 6.07 Å². The van der Waals surface area contributed by atoms with Gasteiger partial charge in [-0.1, -0.05) is 42.1 Å². The first-order valence-electron chi connectivity index (χ1n) is 8.26. The van der Waals surface area contributed by atoms with Crippen molar-refractivity contribution in [2.24, 2.45) is 4.99 Å². The van der Waals surface area contributed by atoms with Crippen LogP contribution in [0, 0.1) is 0 Å². The second-order valence-electron chi connectivity index (χ2n) is 5.89. The minimum absolute atomic E-state index is 0. The van der Waals surface area contributed by atoms with E-state index in [1.54, 1.807) is 19.2 Å². The smallest absolute Gasteiger partial charge is 0.221 e. The Balaban J connectivity index is 0.00000312. The van der Waals surface area contributed by atoms with E-state index in [0.717, 1.165) is 18.4 Å². The van der Waals surface area contributed by atoms with Gasteiger partial charge in [0.2, 0.25) is 5.91 Å². The quantitative estimate of drug-likeness (QED) is 0.318. The molecule has 0 spiro atoms. The van der Waals surface area contributed by atoms with Crippen molar-refractivity contribution in [3.05, 3.63) is 33.8 Å². The fraction of sp³-hybridized carbons (Fsp3) is 0.529. The van der Waals surface area contributed by atoms with Crippen LogP contribution in [0.25, 0.3) is 0 Å². The van der Waals surface area contributed by atoms with Gasteiger partial charge in [-0.3, -0.25) is 9.79 Å². The molecule has 0 radical (unpaired) electrons. The molecule has 1 aliphatic carbocycles. The monoisotopic (exact) mass is 498 g/mol. The number of nitrogens with one attached hydrogen (secondary N) is 3. The van der Waals surface area contributed by atoms with Crippen LogP contribution in [0.15, 0.2) is 23.2 Å². The highest BCUT2D eigenvalue weighted by atomic mass is 127. The molecule has 1 fully saturated rings. The summed E-state index contributed by atoms with van der Waals surface area (Å²) in [6, 6.07) is 5.75. The molecule has 0 unspecified atom stereocenters. The van der Waals surface area contributed by atoms with Gasteiger partial charge in [0, 0.05) is 42.6 Å². The Hall–Kier alpha value is -0.730. The number of hydrogen-bond acceptors (Lipinski definition) is 2. The lowest BCUT2D eigenvalue weighted by molar-refractivity contribution is -0.121. The molecular formula is C17H25Cl2IN4O. The number of benzene rings is 1. The lowest BCUT2D eigenvalue weighted by Crippen LogP contribution is -2.40. The third-order valence-electron chi connectivity index (χ3n) is 4.05. The minimum atomic E-state index is 0. The number of aliphatic imine (C=N–C) groups is 1. The molecule has 5 nitrogen and oxygen atoms in total. The van der Waals surface area contributed by atoms with Crippen LogP contribution in [0.3, 0.4) is 0 Å². The molecule has 140 valence electrons. The Morgan fingerprint density at radius 2 is 1.96 bits per heavy atom. The van der Waals surface area contributed by atoms with Gasteiger partial charge in [-0.05, 0) is 30.5 Å². The number of carbonyl (C=O) groups is 1. The van der Waals surface area contributed by atoms with Gasteiger partial charge in [-0.15, -0.1) is 24.0 Å². The van der Waals surface area contributed by atoms with E-state index >= 15 is 0 Å². The largest absolute Gasteiger partial charge is 0.356 e. The second kappa shape index (κ2) is 11.8. The van der Waals surface area contributed by atoms with E-state index in [1.165, 1.54) is 12.8 Å². The van der Waals surface area contributed by atoms with Crippen molar-refractivity contribution in [3.63, 3.8) is 0 Å². The minimum Gasteiger partial charge on any atom is -0.356 e. The fourth-order valence-electron chi connectivity index (χ4n) is 2.73. The number of rotatable bonds is 6. The summed E-state index contributed by atoms with van der Waals surface area (Å²) in [4.78, 5) is 16.0. The van der Waals surface area contributed by atoms with Gasteiger partial charge in [0.05, 0.1) is 0 Å². The summed E-state index contributed by atoms with van der Waals surface area (Å²) >= 11 is 12.0. The van der Waals surface area contributed by atoms with Crippen molar-refractivity contribution in [2.75, 3.05) is 13.6 Å². The molecule has 0 aliphatic heterocycles. The van der Waals surface area contributed by atoms with E-state index < -0.39 is 0 Å². The summed E-state index contributed by atoms with van der Waals surface area (Å²) in [6.45, 7) is 1.07. The van der Waals surface area contributed by atoms with Gasteiger partial charge in [0.15, 0.2) is 5.96 Å². The summed E-state index contributed by atoms with van der Waals surface area (Å²) in [7, 11) is 1.69. The van der Waals surface area contributed by atoms with Crippen molar-refractivity contribution < 1.29 is 4.79 Å². The molecule has 0 aromatic heterocycles. The van der Waals surface area contributed by atoms with Crippen molar-refractivity contribution in [2.45, 2.75) is 44.7 Å². The van der Waals surface area contributed by atoms with Crippen LogP contribution in [-0.2, 0) is 11.3 Å². The molecule has 0 atom stereocenters. The molecule has 0 bridgehead atoms. The molecular weight excluding hydrogens is 474 g/mol. The van der Waals surface area contributed by atoms with Gasteiger partial charge in [0.25, 0.3) is 0 Å². The Kier molecular flexibility index (Phi) is 10.5. The summed E-state index contributed by atoms with van der Waals surface area (Å²) in [5.74, 6) is 0.722. The second-order valence-corrected chi connectivity index (χ2v) is 6.73. The third kappa shape index (κ3) is 8.00. The predicted octanol–water partition coefficient (Wildman–Crippen LogP) is 3.73. The number of carbonyl (C=O) groups excluding carboxylic acids is 1. The van der Waals surface area contributed by atoms with Gasteiger partial charge >= 0.3 is 0 Å². The first-order valence-corrected chi connectivity index (χ1v) is 9.02. The highest BCUT2D eigenvalue weighted by Crippen LogP contribution is 2.20. The molecule has 2 rings (SSSR count). The summed E-state index contributed by atoms with van der Waals surface area (Å²) in [5, 5.41) is 10.6. The molecule has 3 N–H and O–H groups in total. The normalized spacial score (nSPS) is 14.8.